The lowest BCUT2D eigenvalue weighted by molar-refractivity contribution is -0.155. The van der Waals surface area contributed by atoms with Gasteiger partial charge in [-0.1, -0.05) is 0 Å². The number of carbonyl (C=O) groups is 1. The Bertz CT molecular complexity index is 207. The molecule has 1 aliphatic carbocycles. The summed E-state index contributed by atoms with van der Waals surface area (Å²) in [5, 5.41) is 12.0. The van der Waals surface area contributed by atoms with E-state index in [1.165, 1.54) is 0 Å². The van der Waals surface area contributed by atoms with Gasteiger partial charge in [-0.05, 0) is 38.8 Å². The van der Waals surface area contributed by atoms with Crippen LogP contribution in [0.2, 0.25) is 0 Å². The number of hydrogen-bond donors (Lipinski definition) is 2. The van der Waals surface area contributed by atoms with Crippen LogP contribution < -0.4 is 5.32 Å². The zero-order chi connectivity index (χ0) is 9.97. The molecule has 1 saturated carbocycles. The first kappa shape index (κ1) is 9.93. The molecule has 0 unspecified atom stereocenters. The van der Waals surface area contributed by atoms with Gasteiger partial charge in [-0.15, -0.1) is 0 Å². The number of hydrogen-bond acceptors (Lipinski definition) is 3. The molecule has 14 heavy (non-hydrogen) atoms. The van der Waals surface area contributed by atoms with Gasteiger partial charge in [0.25, 0.3) is 0 Å². The van der Waals surface area contributed by atoms with Crippen LogP contribution >= 0.6 is 0 Å². The highest BCUT2D eigenvalue weighted by atomic mass is 16.5. The monoisotopic (exact) mass is 199 g/mol. The van der Waals surface area contributed by atoms with Gasteiger partial charge in [-0.2, -0.15) is 0 Å². The van der Waals surface area contributed by atoms with Gasteiger partial charge < -0.3 is 15.2 Å². The van der Waals surface area contributed by atoms with Crippen molar-refractivity contribution in [1.82, 2.24) is 5.32 Å². The van der Waals surface area contributed by atoms with Crippen LogP contribution in [0.3, 0.4) is 0 Å². The van der Waals surface area contributed by atoms with Gasteiger partial charge in [0.05, 0.1) is 18.1 Å². The van der Waals surface area contributed by atoms with E-state index in [0.29, 0.717) is 18.9 Å². The molecule has 0 bridgehead atoms. The summed E-state index contributed by atoms with van der Waals surface area (Å²) in [7, 11) is 0. The Hall–Kier alpha value is -0.610. The second-order valence-electron chi connectivity index (χ2n) is 4.21. The second kappa shape index (κ2) is 4.28. The van der Waals surface area contributed by atoms with E-state index in [2.05, 4.69) is 5.32 Å². The summed E-state index contributed by atoms with van der Waals surface area (Å²) in [6, 6.07) is 0. The zero-order valence-electron chi connectivity index (χ0n) is 8.24. The third-order valence-electron chi connectivity index (χ3n) is 3.12. The number of ether oxygens (including phenoxy) is 1. The number of carboxylic acid groups (broad SMARTS) is 1. The quantitative estimate of drug-likeness (QED) is 0.699. The van der Waals surface area contributed by atoms with Gasteiger partial charge >= 0.3 is 5.97 Å². The van der Waals surface area contributed by atoms with Crippen LogP contribution in [0.4, 0.5) is 0 Å². The van der Waals surface area contributed by atoms with E-state index in [-0.39, 0.29) is 12.0 Å². The van der Waals surface area contributed by atoms with Crippen molar-refractivity contribution in [3.63, 3.8) is 0 Å². The Morgan fingerprint density at radius 2 is 1.86 bits per heavy atom. The fraction of sp³-hybridized carbons (Fsp3) is 0.900. The molecular weight excluding hydrogens is 182 g/mol. The normalized spacial score (nSPS) is 33.7. The number of rotatable bonds is 3. The molecule has 0 aromatic heterocycles. The smallest absolute Gasteiger partial charge is 0.306 e. The topological polar surface area (TPSA) is 58.6 Å². The number of piperidine rings is 1. The lowest BCUT2D eigenvalue weighted by Crippen LogP contribution is -2.41. The van der Waals surface area contributed by atoms with Crippen molar-refractivity contribution in [2.75, 3.05) is 13.1 Å². The minimum absolute atomic E-state index is 0.151. The first-order chi connectivity index (χ1) is 6.75. The van der Waals surface area contributed by atoms with Crippen LogP contribution in [-0.2, 0) is 9.53 Å². The van der Waals surface area contributed by atoms with E-state index in [1.807, 2.05) is 0 Å². The molecule has 0 atom stereocenters. The number of carboxylic acids is 1. The second-order valence-corrected chi connectivity index (χ2v) is 4.21. The van der Waals surface area contributed by atoms with Crippen LogP contribution in [-0.4, -0.2) is 36.4 Å². The number of aliphatic carboxylic acids is 1. The van der Waals surface area contributed by atoms with Crippen LogP contribution in [0.1, 0.15) is 25.7 Å². The van der Waals surface area contributed by atoms with E-state index in [9.17, 15) is 4.79 Å². The van der Waals surface area contributed by atoms with Crippen LogP contribution in [0.15, 0.2) is 0 Å². The molecule has 80 valence electrons. The molecule has 4 heteroatoms. The molecule has 1 saturated heterocycles. The summed E-state index contributed by atoms with van der Waals surface area (Å²) in [6.45, 7) is 2.06. The molecule has 0 aromatic rings. The third kappa shape index (κ3) is 2.25. The average Bonchev–Trinajstić information content (AvgIpc) is 2.12. The molecule has 0 amide bonds. The number of nitrogens with one attached hydrogen (secondary N) is 1. The maximum atomic E-state index is 10.6. The van der Waals surface area contributed by atoms with E-state index in [4.69, 9.17) is 9.84 Å². The summed E-state index contributed by atoms with van der Waals surface area (Å²) in [4.78, 5) is 10.6. The van der Waals surface area contributed by atoms with Crippen LogP contribution in [0.25, 0.3) is 0 Å². The van der Waals surface area contributed by atoms with E-state index in [1.54, 1.807) is 0 Å². The lowest BCUT2D eigenvalue weighted by atomic mass is 9.82. The standard InChI is InChI=1S/C10H17NO3/c12-10(13)7-5-9(6-7)14-8-1-3-11-4-2-8/h7-9,11H,1-6H2,(H,12,13). The zero-order valence-corrected chi connectivity index (χ0v) is 8.24. The average molecular weight is 199 g/mol. The molecule has 0 radical (unpaired) electrons. The first-order valence-corrected chi connectivity index (χ1v) is 5.34. The Labute approximate surface area is 83.6 Å². The minimum atomic E-state index is -0.671. The highest BCUT2D eigenvalue weighted by Gasteiger charge is 2.36. The van der Waals surface area contributed by atoms with Crippen molar-refractivity contribution in [1.29, 1.82) is 0 Å². The highest BCUT2D eigenvalue weighted by molar-refractivity contribution is 5.71. The Balaban J connectivity index is 1.65. The van der Waals surface area contributed by atoms with Gasteiger partial charge in [0, 0.05) is 0 Å². The SMILES string of the molecule is O=C(O)C1CC(OC2CCNCC2)C1. The minimum Gasteiger partial charge on any atom is -0.481 e. The fourth-order valence-electron chi connectivity index (χ4n) is 2.08. The Kier molecular flexibility index (Phi) is 3.03. The predicted octanol–water partition coefficient (Wildman–Crippen LogP) is 0.618. The molecule has 2 N–H and O–H groups in total. The molecule has 0 spiro atoms. The van der Waals surface area contributed by atoms with Crippen LogP contribution in [0.5, 0.6) is 0 Å². The highest BCUT2D eigenvalue weighted by Crippen LogP contribution is 2.32. The molecule has 0 aromatic carbocycles. The van der Waals surface area contributed by atoms with Crippen LogP contribution in [0, 0.1) is 5.92 Å². The predicted molar refractivity (Wildman–Crippen MR) is 51.1 cm³/mol. The molecule has 2 aliphatic rings. The Morgan fingerprint density at radius 1 is 1.21 bits per heavy atom. The van der Waals surface area contributed by atoms with Crippen molar-refractivity contribution in [3.05, 3.63) is 0 Å². The third-order valence-corrected chi connectivity index (χ3v) is 3.12. The summed E-state index contributed by atoms with van der Waals surface area (Å²) in [5.74, 6) is -0.822. The van der Waals surface area contributed by atoms with Gasteiger partial charge in [-0.3, -0.25) is 4.79 Å². The van der Waals surface area contributed by atoms with Crippen molar-refractivity contribution >= 4 is 5.97 Å². The maximum absolute atomic E-state index is 10.6. The van der Waals surface area contributed by atoms with E-state index >= 15 is 0 Å². The fourth-order valence-corrected chi connectivity index (χ4v) is 2.08. The van der Waals surface area contributed by atoms with Gasteiger partial charge in [0.2, 0.25) is 0 Å². The van der Waals surface area contributed by atoms with Gasteiger partial charge in [0.15, 0.2) is 0 Å². The van der Waals surface area contributed by atoms with Crippen molar-refractivity contribution < 1.29 is 14.6 Å². The summed E-state index contributed by atoms with van der Waals surface area (Å²) < 4.78 is 5.80. The van der Waals surface area contributed by atoms with Crippen molar-refractivity contribution in [2.45, 2.75) is 37.9 Å². The molecule has 1 heterocycles. The van der Waals surface area contributed by atoms with Crippen molar-refractivity contribution in [3.8, 4) is 0 Å². The summed E-state index contributed by atoms with van der Waals surface area (Å²) in [6.07, 6.45) is 4.11. The van der Waals surface area contributed by atoms with Gasteiger partial charge in [0.1, 0.15) is 0 Å². The van der Waals surface area contributed by atoms with E-state index < -0.39 is 5.97 Å². The summed E-state index contributed by atoms with van der Waals surface area (Å²) >= 11 is 0. The summed E-state index contributed by atoms with van der Waals surface area (Å²) in [5.41, 5.74) is 0. The Morgan fingerprint density at radius 3 is 2.43 bits per heavy atom. The molecule has 2 rings (SSSR count). The molecule has 1 aliphatic heterocycles. The molecular formula is C10H17NO3. The van der Waals surface area contributed by atoms with E-state index in [0.717, 1.165) is 25.9 Å². The maximum Gasteiger partial charge on any atom is 0.306 e. The largest absolute Gasteiger partial charge is 0.481 e. The first-order valence-electron chi connectivity index (χ1n) is 5.34. The van der Waals surface area contributed by atoms with Crippen molar-refractivity contribution in [2.24, 2.45) is 5.92 Å². The molecule has 4 nitrogen and oxygen atoms in total. The molecule has 2 fully saturated rings. The lowest BCUT2D eigenvalue weighted by Gasteiger charge is -2.36. The van der Waals surface area contributed by atoms with Gasteiger partial charge in [-0.25, -0.2) is 0 Å².